The van der Waals surface area contributed by atoms with Crippen LogP contribution in [0.2, 0.25) is 0 Å². The van der Waals surface area contributed by atoms with Crippen LogP contribution in [0, 0.1) is 13.8 Å². The molecule has 0 aromatic carbocycles. The van der Waals surface area contributed by atoms with E-state index in [0.29, 0.717) is 13.0 Å². The van der Waals surface area contributed by atoms with Crippen molar-refractivity contribution >= 4 is 5.91 Å². The normalized spacial score (nSPS) is 10.2. The molecule has 0 radical (unpaired) electrons. The first-order valence-corrected chi connectivity index (χ1v) is 4.83. The number of rotatable bonds is 4. The van der Waals surface area contributed by atoms with Gasteiger partial charge in [-0.1, -0.05) is 12.1 Å². The van der Waals surface area contributed by atoms with Gasteiger partial charge in [0.05, 0.1) is 5.69 Å². The number of hydrogen-bond acceptors (Lipinski definition) is 3. The Bertz CT molecular complexity index is 298. The number of aryl methyl sites for hydroxylation is 2. The largest absolute Gasteiger partial charge is 0.361 e. The van der Waals surface area contributed by atoms with Crippen LogP contribution in [0.5, 0.6) is 0 Å². The van der Waals surface area contributed by atoms with E-state index in [-0.39, 0.29) is 5.91 Å². The van der Waals surface area contributed by atoms with Gasteiger partial charge in [0.1, 0.15) is 5.76 Å². The van der Waals surface area contributed by atoms with E-state index >= 15 is 0 Å². The van der Waals surface area contributed by atoms with Gasteiger partial charge in [-0.15, -0.1) is 0 Å². The van der Waals surface area contributed by atoms with Crippen LogP contribution in [-0.4, -0.2) is 11.1 Å². The molecule has 0 atom stereocenters. The Kier molecular flexibility index (Phi) is 3.68. The number of amides is 1. The molecule has 1 aromatic heterocycles. The van der Waals surface area contributed by atoms with Crippen LogP contribution in [0.1, 0.15) is 36.8 Å². The molecule has 1 rings (SSSR count). The molecule has 1 amide bonds. The van der Waals surface area contributed by atoms with Crippen molar-refractivity contribution in [2.75, 3.05) is 0 Å². The topological polar surface area (TPSA) is 55.1 Å². The number of carbonyl (C=O) groups is 1. The maximum absolute atomic E-state index is 11.2. The summed E-state index contributed by atoms with van der Waals surface area (Å²) in [6, 6.07) is 0. The third-order valence-electron chi connectivity index (χ3n) is 2.12. The molecule has 14 heavy (non-hydrogen) atoms. The van der Waals surface area contributed by atoms with Crippen molar-refractivity contribution in [3.8, 4) is 0 Å². The molecule has 0 saturated carbocycles. The Labute approximate surface area is 83.7 Å². The highest BCUT2D eigenvalue weighted by Crippen LogP contribution is 2.11. The summed E-state index contributed by atoms with van der Waals surface area (Å²) in [5, 5.41) is 6.64. The molecule has 78 valence electrons. The first-order chi connectivity index (χ1) is 6.65. The first-order valence-electron chi connectivity index (χ1n) is 4.83. The van der Waals surface area contributed by atoms with Crippen LogP contribution in [0.15, 0.2) is 4.52 Å². The fraction of sp³-hybridized carbons (Fsp3) is 0.600. The van der Waals surface area contributed by atoms with Crippen molar-refractivity contribution in [1.82, 2.24) is 10.5 Å². The predicted octanol–water partition coefficient (Wildman–Crippen LogP) is 1.71. The van der Waals surface area contributed by atoms with Crippen molar-refractivity contribution < 1.29 is 9.32 Å². The Morgan fingerprint density at radius 1 is 1.50 bits per heavy atom. The Balaban J connectivity index is 2.49. The third kappa shape index (κ3) is 2.58. The van der Waals surface area contributed by atoms with Gasteiger partial charge in [-0.2, -0.15) is 0 Å². The second kappa shape index (κ2) is 4.79. The lowest BCUT2D eigenvalue weighted by Crippen LogP contribution is -2.22. The third-order valence-corrected chi connectivity index (χ3v) is 2.12. The lowest BCUT2D eigenvalue weighted by atomic mass is 10.2. The molecule has 0 aliphatic rings. The second-order valence-electron chi connectivity index (χ2n) is 3.33. The molecule has 1 N–H and O–H groups in total. The van der Waals surface area contributed by atoms with E-state index < -0.39 is 0 Å². The highest BCUT2D eigenvalue weighted by atomic mass is 16.5. The van der Waals surface area contributed by atoms with E-state index in [4.69, 9.17) is 4.52 Å². The average molecular weight is 196 g/mol. The molecule has 1 heterocycles. The molecular formula is C10H16N2O2. The van der Waals surface area contributed by atoms with Crippen molar-refractivity contribution in [3.63, 3.8) is 0 Å². The summed E-state index contributed by atoms with van der Waals surface area (Å²) in [5.74, 6) is 0.854. The molecule has 4 nitrogen and oxygen atoms in total. The summed E-state index contributed by atoms with van der Waals surface area (Å²) >= 11 is 0. The van der Waals surface area contributed by atoms with Gasteiger partial charge in [0.25, 0.3) is 0 Å². The Morgan fingerprint density at radius 3 is 2.71 bits per heavy atom. The van der Waals surface area contributed by atoms with Gasteiger partial charge in [0, 0.05) is 18.5 Å². The van der Waals surface area contributed by atoms with Crippen LogP contribution in [0.4, 0.5) is 0 Å². The Morgan fingerprint density at radius 2 is 2.21 bits per heavy atom. The molecule has 0 aliphatic heterocycles. The Hall–Kier alpha value is -1.32. The van der Waals surface area contributed by atoms with Crippen molar-refractivity contribution in [1.29, 1.82) is 0 Å². The monoisotopic (exact) mass is 196 g/mol. The highest BCUT2D eigenvalue weighted by Gasteiger charge is 2.09. The summed E-state index contributed by atoms with van der Waals surface area (Å²) in [6.07, 6.45) is 1.44. The molecule has 0 spiro atoms. The van der Waals surface area contributed by atoms with E-state index in [1.807, 2.05) is 20.8 Å². The number of nitrogens with one attached hydrogen (secondary N) is 1. The second-order valence-corrected chi connectivity index (χ2v) is 3.33. The fourth-order valence-corrected chi connectivity index (χ4v) is 1.26. The van der Waals surface area contributed by atoms with E-state index in [1.54, 1.807) is 0 Å². The van der Waals surface area contributed by atoms with Gasteiger partial charge in [-0.3, -0.25) is 4.79 Å². The fourth-order valence-electron chi connectivity index (χ4n) is 1.26. The zero-order valence-corrected chi connectivity index (χ0v) is 8.89. The van der Waals surface area contributed by atoms with E-state index in [2.05, 4.69) is 10.5 Å². The SMILES string of the molecule is CCCC(=O)NCc1c(C)noc1C. The van der Waals surface area contributed by atoms with Crippen LogP contribution in [0.3, 0.4) is 0 Å². The van der Waals surface area contributed by atoms with Crippen LogP contribution < -0.4 is 5.32 Å². The van der Waals surface area contributed by atoms with Crippen LogP contribution >= 0.6 is 0 Å². The molecule has 4 heteroatoms. The van der Waals surface area contributed by atoms with E-state index in [1.165, 1.54) is 0 Å². The number of nitrogens with zero attached hydrogens (tertiary/aromatic N) is 1. The minimum absolute atomic E-state index is 0.0764. The van der Waals surface area contributed by atoms with Crippen molar-refractivity contribution in [2.24, 2.45) is 0 Å². The molecular weight excluding hydrogens is 180 g/mol. The summed E-state index contributed by atoms with van der Waals surface area (Å²) in [6.45, 7) is 6.22. The lowest BCUT2D eigenvalue weighted by molar-refractivity contribution is -0.121. The molecule has 0 bridgehead atoms. The van der Waals surface area contributed by atoms with Gasteiger partial charge in [-0.25, -0.2) is 0 Å². The standard InChI is InChI=1S/C10H16N2O2/c1-4-5-10(13)11-6-9-7(2)12-14-8(9)3/h4-6H2,1-3H3,(H,11,13). The lowest BCUT2D eigenvalue weighted by Gasteiger charge is -2.02. The van der Waals surface area contributed by atoms with Gasteiger partial charge in [0.15, 0.2) is 0 Å². The van der Waals surface area contributed by atoms with Gasteiger partial charge in [-0.05, 0) is 20.3 Å². The summed E-state index contributed by atoms with van der Waals surface area (Å²) in [7, 11) is 0. The van der Waals surface area contributed by atoms with Crippen molar-refractivity contribution in [2.45, 2.75) is 40.2 Å². The molecule has 0 saturated heterocycles. The zero-order chi connectivity index (χ0) is 10.6. The highest BCUT2D eigenvalue weighted by molar-refractivity contribution is 5.75. The van der Waals surface area contributed by atoms with E-state index in [0.717, 1.165) is 23.4 Å². The molecule has 0 fully saturated rings. The number of aromatic nitrogens is 1. The first kappa shape index (κ1) is 10.8. The predicted molar refractivity (Wildman–Crippen MR) is 52.7 cm³/mol. The molecule has 1 aromatic rings. The molecule has 0 aliphatic carbocycles. The summed E-state index contributed by atoms with van der Waals surface area (Å²) in [4.78, 5) is 11.2. The van der Waals surface area contributed by atoms with Crippen LogP contribution in [0.25, 0.3) is 0 Å². The maximum atomic E-state index is 11.2. The smallest absolute Gasteiger partial charge is 0.220 e. The zero-order valence-electron chi connectivity index (χ0n) is 8.89. The molecule has 0 unspecified atom stereocenters. The average Bonchev–Trinajstić information content (AvgIpc) is 2.44. The van der Waals surface area contributed by atoms with Gasteiger partial charge in [0.2, 0.25) is 5.91 Å². The minimum atomic E-state index is 0.0764. The minimum Gasteiger partial charge on any atom is -0.361 e. The maximum Gasteiger partial charge on any atom is 0.220 e. The van der Waals surface area contributed by atoms with E-state index in [9.17, 15) is 4.79 Å². The quantitative estimate of drug-likeness (QED) is 0.797. The summed E-state index contributed by atoms with van der Waals surface area (Å²) in [5.41, 5.74) is 1.83. The van der Waals surface area contributed by atoms with Gasteiger partial charge < -0.3 is 9.84 Å². The van der Waals surface area contributed by atoms with Gasteiger partial charge >= 0.3 is 0 Å². The number of carbonyl (C=O) groups excluding carboxylic acids is 1. The number of hydrogen-bond donors (Lipinski definition) is 1. The summed E-state index contributed by atoms with van der Waals surface area (Å²) < 4.78 is 4.99. The van der Waals surface area contributed by atoms with Crippen LogP contribution in [-0.2, 0) is 11.3 Å². The van der Waals surface area contributed by atoms with Crippen molar-refractivity contribution in [3.05, 3.63) is 17.0 Å².